The Hall–Kier alpha value is -0.610. The molecule has 1 saturated heterocycles. The minimum Gasteiger partial charge on any atom is -0.349 e. The third kappa shape index (κ3) is 5.50. The van der Waals surface area contributed by atoms with E-state index < -0.39 is 0 Å². The molecular formula is C13H27N3O. The lowest BCUT2D eigenvalue weighted by molar-refractivity contribution is -0.129. The van der Waals surface area contributed by atoms with E-state index in [1.165, 1.54) is 12.8 Å². The van der Waals surface area contributed by atoms with Crippen LogP contribution in [0.3, 0.4) is 0 Å². The van der Waals surface area contributed by atoms with Gasteiger partial charge in [0.2, 0.25) is 5.91 Å². The molecule has 1 heterocycles. The molecule has 0 spiro atoms. The molecule has 4 nitrogen and oxygen atoms in total. The maximum absolute atomic E-state index is 11.5. The number of piperidine rings is 1. The van der Waals surface area contributed by atoms with Crippen molar-refractivity contribution in [3.63, 3.8) is 0 Å². The molecule has 0 radical (unpaired) electrons. The Morgan fingerprint density at radius 3 is 2.47 bits per heavy atom. The van der Waals surface area contributed by atoms with Gasteiger partial charge in [0.1, 0.15) is 0 Å². The standard InChI is InChI=1S/C13H27N3O/c1-4-16(10-7-13(17)15(2)3)11-12-5-8-14-9-6-12/h12,14H,4-11H2,1-3H3. The molecule has 1 fully saturated rings. The highest BCUT2D eigenvalue weighted by Crippen LogP contribution is 2.13. The van der Waals surface area contributed by atoms with Crippen molar-refractivity contribution in [3.05, 3.63) is 0 Å². The largest absolute Gasteiger partial charge is 0.349 e. The Morgan fingerprint density at radius 2 is 1.94 bits per heavy atom. The highest BCUT2D eigenvalue weighted by Gasteiger charge is 2.16. The maximum Gasteiger partial charge on any atom is 0.223 e. The van der Waals surface area contributed by atoms with Crippen LogP contribution in [0.15, 0.2) is 0 Å². The van der Waals surface area contributed by atoms with Gasteiger partial charge < -0.3 is 15.1 Å². The van der Waals surface area contributed by atoms with Gasteiger partial charge in [0.05, 0.1) is 0 Å². The topological polar surface area (TPSA) is 35.6 Å². The molecule has 0 aliphatic carbocycles. The molecule has 0 aromatic rings. The molecule has 0 bridgehead atoms. The summed E-state index contributed by atoms with van der Waals surface area (Å²) in [4.78, 5) is 15.6. The number of nitrogens with one attached hydrogen (secondary N) is 1. The fraction of sp³-hybridized carbons (Fsp3) is 0.923. The smallest absolute Gasteiger partial charge is 0.223 e. The Balaban J connectivity index is 2.25. The van der Waals surface area contributed by atoms with E-state index >= 15 is 0 Å². The minimum absolute atomic E-state index is 0.230. The third-order valence-corrected chi connectivity index (χ3v) is 3.56. The van der Waals surface area contributed by atoms with Crippen LogP contribution in [-0.2, 0) is 4.79 Å². The van der Waals surface area contributed by atoms with E-state index in [0.29, 0.717) is 6.42 Å². The summed E-state index contributed by atoms with van der Waals surface area (Å²) in [5, 5.41) is 3.39. The van der Waals surface area contributed by atoms with Gasteiger partial charge in [-0.05, 0) is 38.4 Å². The van der Waals surface area contributed by atoms with Gasteiger partial charge in [-0.1, -0.05) is 6.92 Å². The maximum atomic E-state index is 11.5. The molecule has 1 aliphatic heterocycles. The molecule has 1 aliphatic rings. The first-order valence-electron chi connectivity index (χ1n) is 6.76. The summed E-state index contributed by atoms with van der Waals surface area (Å²) >= 11 is 0. The minimum atomic E-state index is 0.230. The van der Waals surface area contributed by atoms with Crippen LogP contribution in [0, 0.1) is 5.92 Å². The highest BCUT2D eigenvalue weighted by molar-refractivity contribution is 5.75. The zero-order valence-electron chi connectivity index (χ0n) is 11.5. The Kier molecular flexibility index (Phi) is 6.52. The number of carbonyl (C=O) groups excluding carboxylic acids is 1. The predicted octanol–water partition coefficient (Wildman–Crippen LogP) is 0.786. The van der Waals surface area contributed by atoms with E-state index in [1.54, 1.807) is 4.90 Å². The lowest BCUT2D eigenvalue weighted by atomic mass is 9.97. The second-order valence-corrected chi connectivity index (χ2v) is 5.12. The molecule has 0 aromatic carbocycles. The summed E-state index contributed by atoms with van der Waals surface area (Å²) in [6.45, 7) is 7.58. The van der Waals surface area contributed by atoms with Gasteiger partial charge in [0, 0.05) is 33.6 Å². The van der Waals surface area contributed by atoms with E-state index in [2.05, 4.69) is 17.1 Å². The molecule has 0 unspecified atom stereocenters. The van der Waals surface area contributed by atoms with Crippen molar-refractivity contribution < 1.29 is 4.79 Å². The first kappa shape index (κ1) is 14.5. The lowest BCUT2D eigenvalue weighted by Crippen LogP contribution is -2.37. The second-order valence-electron chi connectivity index (χ2n) is 5.12. The van der Waals surface area contributed by atoms with Crippen molar-refractivity contribution >= 4 is 5.91 Å². The van der Waals surface area contributed by atoms with E-state index in [0.717, 1.165) is 38.6 Å². The SMILES string of the molecule is CCN(CCC(=O)N(C)C)CC1CCNCC1. The van der Waals surface area contributed by atoms with E-state index in [9.17, 15) is 4.79 Å². The van der Waals surface area contributed by atoms with Gasteiger partial charge in [-0.2, -0.15) is 0 Å². The normalized spacial score (nSPS) is 17.4. The first-order chi connectivity index (χ1) is 8.13. The Labute approximate surface area is 105 Å². The number of rotatable bonds is 6. The van der Waals surface area contributed by atoms with Gasteiger partial charge in [0.25, 0.3) is 0 Å². The number of hydrogen-bond acceptors (Lipinski definition) is 3. The molecule has 4 heteroatoms. The summed E-state index contributed by atoms with van der Waals surface area (Å²) < 4.78 is 0. The quantitative estimate of drug-likeness (QED) is 0.747. The molecule has 0 atom stereocenters. The van der Waals surface area contributed by atoms with E-state index in [4.69, 9.17) is 0 Å². The number of carbonyl (C=O) groups is 1. The average molecular weight is 241 g/mol. The molecule has 1 rings (SSSR count). The van der Waals surface area contributed by atoms with Crippen LogP contribution < -0.4 is 5.32 Å². The molecule has 1 amide bonds. The second kappa shape index (κ2) is 7.67. The molecule has 17 heavy (non-hydrogen) atoms. The third-order valence-electron chi connectivity index (χ3n) is 3.56. The molecular weight excluding hydrogens is 214 g/mol. The lowest BCUT2D eigenvalue weighted by Gasteiger charge is -2.29. The van der Waals surface area contributed by atoms with Gasteiger partial charge in [0.15, 0.2) is 0 Å². The van der Waals surface area contributed by atoms with Gasteiger partial charge in [-0.3, -0.25) is 4.79 Å². The average Bonchev–Trinajstić information content (AvgIpc) is 2.35. The van der Waals surface area contributed by atoms with E-state index in [-0.39, 0.29) is 5.91 Å². The zero-order chi connectivity index (χ0) is 12.7. The fourth-order valence-electron chi connectivity index (χ4n) is 2.29. The monoisotopic (exact) mass is 241 g/mol. The molecule has 100 valence electrons. The number of amides is 1. The zero-order valence-corrected chi connectivity index (χ0v) is 11.5. The van der Waals surface area contributed by atoms with Crippen molar-refractivity contribution in [1.82, 2.24) is 15.1 Å². The van der Waals surface area contributed by atoms with Crippen LogP contribution in [-0.4, -0.2) is 62.5 Å². The van der Waals surface area contributed by atoms with Gasteiger partial charge >= 0.3 is 0 Å². The Bertz CT molecular complexity index is 225. The van der Waals surface area contributed by atoms with Crippen molar-refractivity contribution in [2.24, 2.45) is 5.92 Å². The predicted molar refractivity (Wildman–Crippen MR) is 71.0 cm³/mol. The van der Waals surface area contributed by atoms with E-state index in [1.807, 2.05) is 14.1 Å². The summed E-state index contributed by atoms with van der Waals surface area (Å²) in [6, 6.07) is 0. The van der Waals surface area contributed by atoms with Crippen LogP contribution in [0.1, 0.15) is 26.2 Å². The number of hydrogen-bond donors (Lipinski definition) is 1. The summed E-state index contributed by atoms with van der Waals surface area (Å²) in [6.07, 6.45) is 3.20. The van der Waals surface area contributed by atoms with Crippen LogP contribution in [0.2, 0.25) is 0 Å². The van der Waals surface area contributed by atoms with Crippen LogP contribution >= 0.6 is 0 Å². The van der Waals surface area contributed by atoms with Crippen LogP contribution in [0.4, 0.5) is 0 Å². The highest BCUT2D eigenvalue weighted by atomic mass is 16.2. The van der Waals surface area contributed by atoms with Crippen molar-refractivity contribution in [1.29, 1.82) is 0 Å². The van der Waals surface area contributed by atoms with Crippen molar-refractivity contribution in [3.8, 4) is 0 Å². The number of nitrogens with zero attached hydrogens (tertiary/aromatic N) is 2. The van der Waals surface area contributed by atoms with Crippen LogP contribution in [0.25, 0.3) is 0 Å². The summed E-state index contributed by atoms with van der Waals surface area (Å²) in [7, 11) is 3.65. The van der Waals surface area contributed by atoms with Gasteiger partial charge in [-0.15, -0.1) is 0 Å². The fourth-order valence-corrected chi connectivity index (χ4v) is 2.29. The molecule has 0 aromatic heterocycles. The van der Waals surface area contributed by atoms with Crippen LogP contribution in [0.5, 0.6) is 0 Å². The molecule has 1 N–H and O–H groups in total. The molecule has 0 saturated carbocycles. The first-order valence-corrected chi connectivity index (χ1v) is 6.76. The van der Waals surface area contributed by atoms with Gasteiger partial charge in [-0.25, -0.2) is 0 Å². The summed E-state index contributed by atoms with van der Waals surface area (Å²) in [5.41, 5.74) is 0. The van der Waals surface area contributed by atoms with Crippen molar-refractivity contribution in [2.75, 3.05) is 46.8 Å². The Morgan fingerprint density at radius 1 is 1.29 bits per heavy atom. The van der Waals surface area contributed by atoms with Crippen molar-refractivity contribution in [2.45, 2.75) is 26.2 Å². The summed E-state index contributed by atoms with van der Waals surface area (Å²) in [5.74, 6) is 1.04.